The topological polar surface area (TPSA) is 153 Å². The number of nitrogens with two attached hydrogens (primary N) is 1. The van der Waals surface area contributed by atoms with Crippen LogP contribution in [-0.2, 0) is 41.0 Å². The first kappa shape index (κ1) is 28.9. The predicted octanol–water partition coefficient (Wildman–Crippen LogP) is 4.58. The molecule has 1 fully saturated rings. The van der Waals surface area contributed by atoms with Gasteiger partial charge < -0.3 is 29.0 Å². The van der Waals surface area contributed by atoms with Crippen molar-refractivity contribution < 1.29 is 36.6 Å². The van der Waals surface area contributed by atoms with Gasteiger partial charge in [-0.1, -0.05) is 29.8 Å². The molecule has 1 aliphatic heterocycles. The Bertz CT molecular complexity index is 1570. The van der Waals surface area contributed by atoms with Crippen LogP contribution in [0.25, 0.3) is 11.2 Å². The van der Waals surface area contributed by atoms with E-state index in [9.17, 15) is 18.1 Å². The first-order valence-corrected chi connectivity index (χ1v) is 14.6. The van der Waals surface area contributed by atoms with E-state index < -0.39 is 31.3 Å². The number of nitrogen functional groups attached to an aromatic ring is 1. The summed E-state index contributed by atoms with van der Waals surface area (Å²) in [4.78, 5) is 22.5. The number of hydrogen-bond donors (Lipinski definition) is 2. The molecule has 220 valence electrons. The quantitative estimate of drug-likeness (QED) is 0.225. The highest BCUT2D eigenvalue weighted by atomic mass is 31.2. The van der Waals surface area contributed by atoms with Crippen molar-refractivity contribution in [3.8, 4) is 0 Å². The molecule has 3 N–H and O–H groups in total. The predicted molar refractivity (Wildman–Crippen MR) is 144 cm³/mol. The van der Waals surface area contributed by atoms with Gasteiger partial charge in [0.2, 0.25) is 11.9 Å². The number of aryl methyl sites for hydroxylation is 1. The number of benzene rings is 1. The highest BCUT2D eigenvalue weighted by molar-refractivity contribution is 7.53. The maximum Gasteiger partial charge on any atom is 0.356 e. The molecule has 2 aromatic heterocycles. The van der Waals surface area contributed by atoms with Gasteiger partial charge in [-0.3, -0.25) is 18.9 Å². The number of alkyl halides is 2. The van der Waals surface area contributed by atoms with Crippen LogP contribution in [0.2, 0.25) is 0 Å². The van der Waals surface area contributed by atoms with Crippen molar-refractivity contribution in [2.24, 2.45) is 5.92 Å². The third-order valence-corrected chi connectivity index (χ3v) is 8.21. The second kappa shape index (κ2) is 11.7. The Labute approximate surface area is 233 Å². The van der Waals surface area contributed by atoms with Gasteiger partial charge in [-0.2, -0.15) is 4.98 Å². The average Bonchev–Trinajstić information content (AvgIpc) is 3.61. The van der Waals surface area contributed by atoms with E-state index in [1.54, 1.807) is 4.57 Å². The number of hydrogen-bond acceptors (Lipinski definition) is 10. The lowest BCUT2D eigenvalue weighted by Gasteiger charge is -2.19. The van der Waals surface area contributed by atoms with Crippen LogP contribution in [0.1, 0.15) is 30.4 Å². The molecule has 41 heavy (non-hydrogen) atoms. The van der Waals surface area contributed by atoms with Crippen molar-refractivity contribution in [2.75, 3.05) is 25.3 Å². The van der Waals surface area contributed by atoms with Gasteiger partial charge in [-0.05, 0) is 25.5 Å². The second-order valence-corrected chi connectivity index (χ2v) is 11.9. The van der Waals surface area contributed by atoms with Crippen molar-refractivity contribution in [1.82, 2.24) is 19.5 Å². The number of aromatic nitrogens is 4. The number of fused-ring (bicyclic) bond motifs is 1. The molecule has 2 aliphatic rings. The molecule has 0 amide bonds. The molecule has 0 saturated heterocycles. The molecule has 3 heterocycles. The summed E-state index contributed by atoms with van der Waals surface area (Å²) in [6.45, 7) is 5.43. The Morgan fingerprint density at radius 1 is 1.24 bits per heavy atom. The lowest BCUT2D eigenvalue weighted by Crippen LogP contribution is -2.14. The molecular weight excluding hydrogens is 563 g/mol. The fourth-order valence-corrected chi connectivity index (χ4v) is 5.81. The normalized spacial score (nSPS) is 19.9. The van der Waals surface area contributed by atoms with Crippen LogP contribution >= 0.6 is 7.60 Å². The lowest BCUT2D eigenvalue weighted by molar-refractivity contribution is 0.00452. The summed E-state index contributed by atoms with van der Waals surface area (Å²) in [5.74, 6) is -3.18. The van der Waals surface area contributed by atoms with Crippen LogP contribution in [0.4, 0.5) is 14.7 Å². The maximum atomic E-state index is 13.8. The number of rotatable bonds is 12. The van der Waals surface area contributed by atoms with E-state index in [4.69, 9.17) is 29.0 Å². The summed E-state index contributed by atoms with van der Waals surface area (Å²) in [7, 11) is -3.91. The van der Waals surface area contributed by atoms with Gasteiger partial charge in [-0.25, -0.2) is 13.8 Å². The minimum atomic E-state index is -3.91. The van der Waals surface area contributed by atoms with E-state index in [1.807, 2.05) is 31.2 Å². The van der Waals surface area contributed by atoms with Crippen molar-refractivity contribution in [3.63, 3.8) is 0 Å². The Hall–Kier alpha value is -3.58. The maximum absolute atomic E-state index is 13.8. The molecule has 0 bridgehead atoms. The molecular formula is C26H30F2N5O7P. The van der Waals surface area contributed by atoms with Crippen molar-refractivity contribution in [2.45, 2.75) is 45.3 Å². The van der Waals surface area contributed by atoms with Gasteiger partial charge in [0.1, 0.15) is 13.0 Å². The zero-order chi connectivity index (χ0) is 29.2. The van der Waals surface area contributed by atoms with Crippen LogP contribution in [0.3, 0.4) is 0 Å². The Balaban J connectivity index is 1.26. The molecule has 12 nitrogen and oxygen atoms in total. The summed E-state index contributed by atoms with van der Waals surface area (Å²) in [5.41, 5.74) is 7.39. The summed E-state index contributed by atoms with van der Waals surface area (Å²) >= 11 is 0. The Morgan fingerprint density at radius 2 is 2.00 bits per heavy atom. The SMILES string of the molecule is C=C1OC(COP(=O)(COCCn2cnc3c(=O)[nH]c(N)nc32)OCc2ccc(C)cc2)=C(C2CCC(F)(F)C2)O1. The summed E-state index contributed by atoms with van der Waals surface area (Å²) in [6.07, 6.45) is 0.558. The summed E-state index contributed by atoms with van der Waals surface area (Å²) in [5, 5.41) is 0. The molecule has 5 rings (SSSR count). The number of anilines is 1. The minimum absolute atomic E-state index is 0.0239. The molecule has 1 saturated carbocycles. The zero-order valence-corrected chi connectivity index (χ0v) is 23.2. The molecule has 2 unspecified atom stereocenters. The first-order chi connectivity index (χ1) is 19.5. The number of halogens is 2. The van der Waals surface area contributed by atoms with Gasteiger partial charge in [0, 0.05) is 25.3 Å². The summed E-state index contributed by atoms with van der Waals surface area (Å²) in [6, 6.07) is 7.46. The Morgan fingerprint density at radius 3 is 2.73 bits per heavy atom. The standard InChI is InChI=1S/C26H30F2N5O7P/c1-16-3-5-18(6-4-16)12-37-41(35,15-36-10-9-33-14-30-21-23(33)31-25(29)32-24(21)34)38-13-20-22(40-17(2)39-20)19-7-8-26(27,28)11-19/h3-6,14,19H,2,7-13,15H2,1H3,(H3,29,31,32,34). The van der Waals surface area contributed by atoms with E-state index >= 15 is 0 Å². The number of nitrogens with zero attached hydrogens (tertiary/aromatic N) is 3. The largest absolute Gasteiger partial charge is 0.427 e. The van der Waals surface area contributed by atoms with E-state index in [0.717, 1.165) is 11.1 Å². The fourth-order valence-electron chi connectivity index (χ4n) is 4.57. The van der Waals surface area contributed by atoms with Crippen LogP contribution in [-0.4, -0.2) is 45.0 Å². The van der Waals surface area contributed by atoms with Gasteiger partial charge in [-0.15, -0.1) is 0 Å². The summed E-state index contributed by atoms with van der Waals surface area (Å²) < 4.78 is 71.1. The zero-order valence-electron chi connectivity index (χ0n) is 22.3. The third kappa shape index (κ3) is 7.02. The molecule has 0 radical (unpaired) electrons. The molecule has 0 spiro atoms. The van der Waals surface area contributed by atoms with Crippen molar-refractivity contribution >= 4 is 24.7 Å². The van der Waals surface area contributed by atoms with Crippen LogP contribution in [0, 0.1) is 12.8 Å². The second-order valence-electron chi connectivity index (χ2n) is 9.90. The number of allylic oxidation sites excluding steroid dienone is 1. The van der Waals surface area contributed by atoms with Crippen LogP contribution < -0.4 is 11.3 Å². The lowest BCUT2D eigenvalue weighted by atomic mass is 10.0. The van der Waals surface area contributed by atoms with E-state index in [0.29, 0.717) is 0 Å². The number of nitrogens with one attached hydrogen (secondary N) is 1. The number of ether oxygens (including phenoxy) is 3. The average molecular weight is 594 g/mol. The number of aromatic amines is 1. The van der Waals surface area contributed by atoms with Crippen LogP contribution in [0.5, 0.6) is 0 Å². The number of H-pyrrole nitrogens is 1. The minimum Gasteiger partial charge on any atom is -0.427 e. The Kier molecular flexibility index (Phi) is 8.28. The van der Waals surface area contributed by atoms with E-state index in [2.05, 4.69) is 21.5 Å². The van der Waals surface area contributed by atoms with Gasteiger partial charge >= 0.3 is 7.60 Å². The molecule has 3 aromatic rings. The van der Waals surface area contributed by atoms with Gasteiger partial charge in [0.15, 0.2) is 22.7 Å². The van der Waals surface area contributed by atoms with E-state index in [-0.39, 0.29) is 80.2 Å². The highest BCUT2D eigenvalue weighted by Crippen LogP contribution is 2.51. The third-order valence-electron chi connectivity index (χ3n) is 6.67. The van der Waals surface area contributed by atoms with Crippen molar-refractivity contribution in [3.05, 3.63) is 76.1 Å². The monoisotopic (exact) mass is 593 g/mol. The smallest absolute Gasteiger partial charge is 0.356 e. The molecule has 2 atom stereocenters. The first-order valence-electron chi connectivity index (χ1n) is 12.9. The van der Waals surface area contributed by atoms with Gasteiger partial charge in [0.25, 0.3) is 11.5 Å². The molecule has 15 heteroatoms. The molecule has 1 aliphatic carbocycles. The van der Waals surface area contributed by atoms with Crippen molar-refractivity contribution in [1.29, 1.82) is 0 Å². The van der Waals surface area contributed by atoms with E-state index in [1.165, 1.54) is 6.33 Å². The molecule has 1 aromatic carbocycles. The van der Waals surface area contributed by atoms with Crippen LogP contribution in [0.15, 0.2) is 59.4 Å². The van der Waals surface area contributed by atoms with Gasteiger partial charge in [0.05, 0.1) is 19.5 Å². The number of imidazole rings is 1. The fraction of sp³-hybridized carbons (Fsp3) is 0.423. The highest BCUT2D eigenvalue weighted by Gasteiger charge is 2.44.